The number of carbonyl (C=O) groups is 2. The molecule has 3 rings (SSSR count). The number of fused-ring (bicyclic) bond motifs is 1. The third-order valence-electron chi connectivity index (χ3n) is 4.76. The SMILES string of the molecule is CC[C@H](CNC(=O)[C@@H](C)OC(=O)/C=C/c1ccc2c(c1)OCO2)c1ccccc1. The van der Waals surface area contributed by atoms with Crippen LogP contribution in [0.3, 0.4) is 0 Å². The fourth-order valence-corrected chi connectivity index (χ4v) is 3.04. The van der Waals surface area contributed by atoms with Crippen molar-refractivity contribution in [2.45, 2.75) is 32.3 Å². The Morgan fingerprint density at radius 3 is 2.66 bits per heavy atom. The topological polar surface area (TPSA) is 73.9 Å². The average molecular weight is 395 g/mol. The molecule has 1 N–H and O–H groups in total. The molecule has 1 heterocycles. The summed E-state index contributed by atoms with van der Waals surface area (Å²) < 4.78 is 15.8. The van der Waals surface area contributed by atoms with Crippen LogP contribution in [0.4, 0.5) is 0 Å². The van der Waals surface area contributed by atoms with Crippen molar-refractivity contribution < 1.29 is 23.8 Å². The summed E-state index contributed by atoms with van der Waals surface area (Å²) in [5.74, 6) is 0.631. The number of benzene rings is 2. The maximum Gasteiger partial charge on any atom is 0.331 e. The highest BCUT2D eigenvalue weighted by atomic mass is 16.7. The van der Waals surface area contributed by atoms with E-state index in [-0.39, 0.29) is 18.6 Å². The molecular formula is C23H25NO5. The molecule has 1 aliphatic rings. The van der Waals surface area contributed by atoms with E-state index >= 15 is 0 Å². The van der Waals surface area contributed by atoms with Crippen molar-refractivity contribution >= 4 is 18.0 Å². The van der Waals surface area contributed by atoms with Crippen LogP contribution >= 0.6 is 0 Å². The van der Waals surface area contributed by atoms with Gasteiger partial charge < -0.3 is 19.5 Å². The second-order valence-electron chi connectivity index (χ2n) is 6.79. The molecule has 0 aliphatic carbocycles. The third-order valence-corrected chi connectivity index (χ3v) is 4.76. The number of carbonyl (C=O) groups excluding carboxylic acids is 2. The van der Waals surface area contributed by atoms with Crippen LogP contribution in [-0.4, -0.2) is 31.3 Å². The molecule has 1 aliphatic heterocycles. The van der Waals surface area contributed by atoms with Gasteiger partial charge in [-0.25, -0.2) is 4.79 Å². The van der Waals surface area contributed by atoms with Crippen LogP contribution in [0.5, 0.6) is 11.5 Å². The molecule has 2 atom stereocenters. The zero-order valence-electron chi connectivity index (χ0n) is 16.6. The van der Waals surface area contributed by atoms with Crippen LogP contribution in [0.15, 0.2) is 54.6 Å². The normalized spacial score (nSPS) is 14.4. The summed E-state index contributed by atoms with van der Waals surface area (Å²) in [5, 5.41) is 2.87. The average Bonchev–Trinajstić information content (AvgIpc) is 3.21. The molecular weight excluding hydrogens is 370 g/mol. The van der Waals surface area contributed by atoms with Gasteiger partial charge in [-0.3, -0.25) is 4.79 Å². The standard InChI is InChI=1S/C23H25NO5/c1-3-18(19-7-5-4-6-8-19)14-24-23(26)16(2)29-22(25)12-10-17-9-11-20-21(13-17)28-15-27-20/h4-13,16,18H,3,14-15H2,1-2H3,(H,24,26)/b12-10+/t16-,18-/m1/s1. The van der Waals surface area contributed by atoms with Gasteiger partial charge in [0.15, 0.2) is 17.6 Å². The summed E-state index contributed by atoms with van der Waals surface area (Å²) in [5.41, 5.74) is 1.95. The number of amides is 1. The Labute approximate surface area is 170 Å². The molecule has 0 fully saturated rings. The molecule has 152 valence electrons. The van der Waals surface area contributed by atoms with Crippen molar-refractivity contribution in [1.82, 2.24) is 5.32 Å². The second-order valence-corrected chi connectivity index (χ2v) is 6.79. The van der Waals surface area contributed by atoms with E-state index in [0.29, 0.717) is 18.0 Å². The summed E-state index contributed by atoms with van der Waals surface area (Å²) in [6.45, 7) is 4.33. The smallest absolute Gasteiger partial charge is 0.331 e. The maximum atomic E-state index is 12.3. The molecule has 0 spiro atoms. The molecule has 0 saturated heterocycles. The molecule has 1 amide bonds. The van der Waals surface area contributed by atoms with Crippen molar-refractivity contribution in [2.24, 2.45) is 0 Å². The lowest BCUT2D eigenvalue weighted by atomic mass is 9.96. The lowest BCUT2D eigenvalue weighted by Gasteiger charge is -2.18. The maximum absolute atomic E-state index is 12.3. The summed E-state index contributed by atoms with van der Waals surface area (Å²) in [6.07, 6.45) is 2.92. The van der Waals surface area contributed by atoms with Crippen molar-refractivity contribution in [2.75, 3.05) is 13.3 Å². The van der Waals surface area contributed by atoms with Crippen molar-refractivity contribution in [3.05, 3.63) is 65.7 Å². The van der Waals surface area contributed by atoms with Crippen molar-refractivity contribution in [3.63, 3.8) is 0 Å². The van der Waals surface area contributed by atoms with E-state index in [9.17, 15) is 9.59 Å². The molecule has 0 saturated carbocycles. The van der Waals surface area contributed by atoms with Crippen LogP contribution in [0.1, 0.15) is 37.3 Å². The van der Waals surface area contributed by atoms with Gasteiger partial charge in [0.1, 0.15) is 0 Å². The minimum absolute atomic E-state index is 0.195. The van der Waals surface area contributed by atoms with Crippen LogP contribution < -0.4 is 14.8 Å². The van der Waals surface area contributed by atoms with Crippen LogP contribution in [-0.2, 0) is 14.3 Å². The first-order valence-corrected chi connectivity index (χ1v) is 9.67. The van der Waals surface area contributed by atoms with Gasteiger partial charge in [0.25, 0.3) is 5.91 Å². The lowest BCUT2D eigenvalue weighted by Crippen LogP contribution is -2.37. The zero-order valence-corrected chi connectivity index (χ0v) is 16.6. The van der Waals surface area contributed by atoms with Gasteiger partial charge in [-0.1, -0.05) is 43.3 Å². The first-order chi connectivity index (χ1) is 14.1. The van der Waals surface area contributed by atoms with Crippen LogP contribution in [0.25, 0.3) is 6.08 Å². The minimum Gasteiger partial charge on any atom is -0.454 e. The fraction of sp³-hybridized carbons (Fsp3) is 0.304. The number of esters is 1. The molecule has 6 nitrogen and oxygen atoms in total. The Morgan fingerprint density at radius 2 is 1.90 bits per heavy atom. The third kappa shape index (κ3) is 5.60. The van der Waals surface area contributed by atoms with E-state index in [1.54, 1.807) is 25.1 Å². The summed E-state index contributed by atoms with van der Waals surface area (Å²) >= 11 is 0. The number of nitrogens with one attached hydrogen (secondary N) is 1. The Kier molecular flexibility index (Phi) is 6.89. The monoisotopic (exact) mass is 395 g/mol. The van der Waals surface area contributed by atoms with E-state index < -0.39 is 12.1 Å². The highest BCUT2D eigenvalue weighted by Gasteiger charge is 2.18. The summed E-state index contributed by atoms with van der Waals surface area (Å²) in [6, 6.07) is 15.4. The van der Waals surface area contributed by atoms with Gasteiger partial charge in [0.05, 0.1) is 0 Å². The number of hydrogen-bond donors (Lipinski definition) is 1. The summed E-state index contributed by atoms with van der Waals surface area (Å²) in [4.78, 5) is 24.3. The molecule has 0 bridgehead atoms. The molecule has 6 heteroatoms. The number of hydrogen-bond acceptors (Lipinski definition) is 5. The molecule has 2 aromatic rings. The highest BCUT2D eigenvalue weighted by molar-refractivity contribution is 5.90. The van der Waals surface area contributed by atoms with Crippen molar-refractivity contribution in [1.29, 1.82) is 0 Å². The van der Waals surface area contributed by atoms with E-state index in [1.807, 2.05) is 36.4 Å². The van der Waals surface area contributed by atoms with Gasteiger partial charge in [-0.15, -0.1) is 0 Å². The zero-order chi connectivity index (χ0) is 20.6. The summed E-state index contributed by atoms with van der Waals surface area (Å²) in [7, 11) is 0. The quantitative estimate of drug-likeness (QED) is 0.545. The van der Waals surface area contributed by atoms with E-state index in [4.69, 9.17) is 14.2 Å². The highest BCUT2D eigenvalue weighted by Crippen LogP contribution is 2.32. The first kappa shape index (κ1) is 20.5. The van der Waals surface area contributed by atoms with Gasteiger partial charge in [0.2, 0.25) is 6.79 Å². The number of rotatable bonds is 8. The largest absolute Gasteiger partial charge is 0.454 e. The van der Waals surface area contributed by atoms with Crippen LogP contribution in [0.2, 0.25) is 0 Å². The molecule has 29 heavy (non-hydrogen) atoms. The molecule has 0 aromatic heterocycles. The van der Waals surface area contributed by atoms with Gasteiger partial charge in [0, 0.05) is 18.5 Å². The molecule has 2 aromatic carbocycles. The molecule has 0 unspecified atom stereocenters. The van der Waals surface area contributed by atoms with E-state index in [1.165, 1.54) is 11.6 Å². The van der Waals surface area contributed by atoms with Crippen LogP contribution in [0, 0.1) is 0 Å². The fourth-order valence-electron chi connectivity index (χ4n) is 3.04. The van der Waals surface area contributed by atoms with Crippen molar-refractivity contribution in [3.8, 4) is 11.5 Å². The Morgan fingerprint density at radius 1 is 1.14 bits per heavy atom. The van der Waals surface area contributed by atoms with Gasteiger partial charge in [-0.2, -0.15) is 0 Å². The predicted molar refractivity (Wildman–Crippen MR) is 110 cm³/mol. The predicted octanol–water partition coefficient (Wildman–Crippen LogP) is 3.67. The Balaban J connectivity index is 1.48. The van der Waals surface area contributed by atoms with E-state index in [2.05, 4.69) is 12.2 Å². The Hall–Kier alpha value is -3.28. The molecule has 0 radical (unpaired) electrons. The van der Waals surface area contributed by atoms with Gasteiger partial charge >= 0.3 is 5.97 Å². The number of ether oxygens (including phenoxy) is 3. The lowest BCUT2D eigenvalue weighted by molar-refractivity contribution is -0.150. The second kappa shape index (κ2) is 9.78. The van der Waals surface area contributed by atoms with E-state index in [0.717, 1.165) is 12.0 Å². The minimum atomic E-state index is -0.878. The Bertz CT molecular complexity index is 878. The first-order valence-electron chi connectivity index (χ1n) is 9.67. The van der Waals surface area contributed by atoms with Gasteiger partial charge in [-0.05, 0) is 42.7 Å².